The second kappa shape index (κ2) is 4.26. The second-order valence-electron chi connectivity index (χ2n) is 2.84. The Hall–Kier alpha value is -0.980. The second-order valence-corrected chi connectivity index (χ2v) is 4.00. The van der Waals surface area contributed by atoms with Crippen LogP contribution < -0.4 is 4.74 Å². The molecule has 1 aromatic heterocycles. The van der Waals surface area contributed by atoms with Crippen LogP contribution in [-0.4, -0.2) is 11.6 Å². The Kier molecular flexibility index (Phi) is 2.99. The first kappa shape index (κ1) is 10.5. The van der Waals surface area contributed by atoms with Crippen LogP contribution in [0.4, 0.5) is 8.78 Å². The maximum Gasteiger partial charge on any atom is 0.388 e. The van der Waals surface area contributed by atoms with Gasteiger partial charge in [0.15, 0.2) is 0 Å². The Morgan fingerprint density at radius 3 is 2.53 bits per heavy atom. The average Bonchev–Trinajstić information content (AvgIpc) is 2.22. The average molecular weight is 321 g/mol. The molecule has 0 aliphatic heterocycles. The molecule has 2 aromatic rings. The van der Waals surface area contributed by atoms with Gasteiger partial charge in [0.25, 0.3) is 0 Å². The highest BCUT2D eigenvalue weighted by Crippen LogP contribution is 2.27. The van der Waals surface area contributed by atoms with Crippen molar-refractivity contribution in [1.29, 1.82) is 0 Å². The minimum Gasteiger partial charge on any atom is -0.416 e. The predicted octanol–water partition coefficient (Wildman–Crippen LogP) is 3.44. The molecule has 0 bridgehead atoms. The third kappa shape index (κ3) is 2.17. The van der Waals surface area contributed by atoms with Gasteiger partial charge >= 0.3 is 6.61 Å². The molecule has 0 aliphatic rings. The third-order valence-electron chi connectivity index (χ3n) is 1.91. The molecule has 0 spiro atoms. The number of pyridine rings is 1. The van der Waals surface area contributed by atoms with E-state index in [4.69, 9.17) is 0 Å². The van der Waals surface area contributed by atoms with Gasteiger partial charge < -0.3 is 4.74 Å². The minimum absolute atomic E-state index is 0.0268. The summed E-state index contributed by atoms with van der Waals surface area (Å²) >= 11 is 2.10. The molecular weight excluding hydrogens is 315 g/mol. The number of alkyl halides is 2. The van der Waals surface area contributed by atoms with E-state index in [1.165, 1.54) is 6.20 Å². The smallest absolute Gasteiger partial charge is 0.388 e. The molecule has 0 unspecified atom stereocenters. The monoisotopic (exact) mass is 321 g/mol. The standard InChI is InChI=1S/C10H6F2INO/c11-10(12)15-9-7-4-2-1-3-6(7)8(13)5-14-9/h1-5,10H. The topological polar surface area (TPSA) is 22.1 Å². The molecule has 0 amide bonds. The highest BCUT2D eigenvalue weighted by atomic mass is 127. The highest BCUT2D eigenvalue weighted by molar-refractivity contribution is 14.1. The molecule has 0 saturated carbocycles. The van der Waals surface area contributed by atoms with Crippen LogP contribution in [0.3, 0.4) is 0 Å². The number of hydrogen-bond donors (Lipinski definition) is 0. The number of rotatable bonds is 2. The summed E-state index contributed by atoms with van der Waals surface area (Å²) in [5.74, 6) is -0.0268. The fraction of sp³-hybridized carbons (Fsp3) is 0.100. The molecule has 78 valence electrons. The van der Waals surface area contributed by atoms with Crippen LogP contribution in [-0.2, 0) is 0 Å². The van der Waals surface area contributed by atoms with E-state index in [-0.39, 0.29) is 5.88 Å². The predicted molar refractivity (Wildman–Crippen MR) is 61.1 cm³/mol. The summed E-state index contributed by atoms with van der Waals surface area (Å²) in [5.41, 5.74) is 0. The lowest BCUT2D eigenvalue weighted by Gasteiger charge is -2.07. The third-order valence-corrected chi connectivity index (χ3v) is 2.77. The first-order valence-electron chi connectivity index (χ1n) is 4.16. The van der Waals surface area contributed by atoms with Gasteiger partial charge in [-0.05, 0) is 28.7 Å². The molecule has 0 N–H and O–H groups in total. The van der Waals surface area contributed by atoms with Gasteiger partial charge in [0.1, 0.15) is 0 Å². The van der Waals surface area contributed by atoms with Gasteiger partial charge in [-0.3, -0.25) is 0 Å². The summed E-state index contributed by atoms with van der Waals surface area (Å²) in [6.07, 6.45) is 1.51. The lowest BCUT2D eigenvalue weighted by Crippen LogP contribution is -2.04. The number of benzene rings is 1. The maximum atomic E-state index is 12.1. The minimum atomic E-state index is -2.85. The summed E-state index contributed by atoms with van der Waals surface area (Å²) in [5, 5.41) is 1.47. The van der Waals surface area contributed by atoms with Crippen molar-refractivity contribution in [2.24, 2.45) is 0 Å². The molecule has 5 heteroatoms. The van der Waals surface area contributed by atoms with Crippen molar-refractivity contribution in [3.05, 3.63) is 34.0 Å². The molecule has 1 heterocycles. The first-order valence-corrected chi connectivity index (χ1v) is 5.24. The Morgan fingerprint density at radius 1 is 1.20 bits per heavy atom. The van der Waals surface area contributed by atoms with Crippen LogP contribution in [0.2, 0.25) is 0 Å². The molecule has 0 atom stereocenters. The van der Waals surface area contributed by atoms with Gasteiger partial charge in [-0.25, -0.2) is 4.98 Å². The van der Waals surface area contributed by atoms with E-state index in [9.17, 15) is 8.78 Å². The fourth-order valence-corrected chi connectivity index (χ4v) is 1.92. The van der Waals surface area contributed by atoms with E-state index in [1.807, 2.05) is 12.1 Å². The molecule has 15 heavy (non-hydrogen) atoms. The molecule has 0 saturated heterocycles. The summed E-state index contributed by atoms with van der Waals surface area (Å²) in [4.78, 5) is 3.84. The largest absolute Gasteiger partial charge is 0.416 e. The molecule has 2 rings (SSSR count). The van der Waals surface area contributed by atoms with E-state index < -0.39 is 6.61 Å². The van der Waals surface area contributed by atoms with Crippen molar-refractivity contribution >= 4 is 33.4 Å². The van der Waals surface area contributed by atoms with Crippen molar-refractivity contribution in [2.45, 2.75) is 6.61 Å². The van der Waals surface area contributed by atoms with E-state index in [0.29, 0.717) is 5.39 Å². The Labute approximate surface area is 98.4 Å². The van der Waals surface area contributed by atoms with Crippen molar-refractivity contribution in [3.63, 3.8) is 0 Å². The maximum absolute atomic E-state index is 12.1. The normalized spacial score (nSPS) is 10.9. The molecule has 0 fully saturated rings. The summed E-state index contributed by atoms with van der Waals surface area (Å²) < 4.78 is 29.4. The number of fused-ring (bicyclic) bond motifs is 1. The van der Waals surface area contributed by atoms with Gasteiger partial charge in [-0.15, -0.1) is 0 Å². The molecule has 0 radical (unpaired) electrons. The van der Waals surface area contributed by atoms with Crippen molar-refractivity contribution < 1.29 is 13.5 Å². The van der Waals surface area contributed by atoms with Crippen LogP contribution in [0.1, 0.15) is 0 Å². The molecule has 2 nitrogen and oxygen atoms in total. The molecular formula is C10H6F2INO. The quantitative estimate of drug-likeness (QED) is 0.791. The fourth-order valence-electron chi connectivity index (χ4n) is 1.31. The van der Waals surface area contributed by atoms with Gasteiger partial charge in [0, 0.05) is 20.5 Å². The molecule has 0 aliphatic carbocycles. The number of aromatic nitrogens is 1. The van der Waals surface area contributed by atoms with Gasteiger partial charge in [-0.2, -0.15) is 8.78 Å². The van der Waals surface area contributed by atoms with Crippen molar-refractivity contribution in [3.8, 4) is 5.88 Å². The van der Waals surface area contributed by atoms with Crippen molar-refractivity contribution in [2.75, 3.05) is 0 Å². The van der Waals surface area contributed by atoms with E-state index in [1.54, 1.807) is 12.1 Å². The van der Waals surface area contributed by atoms with Crippen molar-refractivity contribution in [1.82, 2.24) is 4.98 Å². The lowest BCUT2D eigenvalue weighted by molar-refractivity contribution is -0.0517. The Balaban J connectivity index is 2.61. The summed E-state index contributed by atoms with van der Waals surface area (Å²) in [6.45, 7) is -2.85. The number of hydrogen-bond acceptors (Lipinski definition) is 2. The lowest BCUT2D eigenvalue weighted by atomic mass is 10.2. The summed E-state index contributed by atoms with van der Waals surface area (Å²) in [7, 11) is 0. The van der Waals surface area contributed by atoms with Crippen LogP contribution in [0.5, 0.6) is 5.88 Å². The first-order chi connectivity index (χ1) is 7.18. The number of nitrogens with zero attached hydrogens (tertiary/aromatic N) is 1. The van der Waals surface area contributed by atoms with E-state index >= 15 is 0 Å². The Bertz CT molecular complexity index is 490. The van der Waals surface area contributed by atoms with Crippen LogP contribution >= 0.6 is 22.6 Å². The summed E-state index contributed by atoms with van der Waals surface area (Å²) in [6, 6.07) is 7.16. The van der Waals surface area contributed by atoms with Gasteiger partial charge in [-0.1, -0.05) is 18.2 Å². The Morgan fingerprint density at radius 2 is 1.87 bits per heavy atom. The zero-order chi connectivity index (χ0) is 10.8. The van der Waals surface area contributed by atoms with E-state index in [2.05, 4.69) is 32.3 Å². The molecule has 1 aromatic carbocycles. The SMILES string of the molecule is FC(F)Oc1ncc(I)c2ccccc12. The highest BCUT2D eigenvalue weighted by Gasteiger charge is 2.10. The zero-order valence-electron chi connectivity index (χ0n) is 7.45. The van der Waals surface area contributed by atoms with E-state index in [0.717, 1.165) is 8.96 Å². The zero-order valence-corrected chi connectivity index (χ0v) is 9.61. The number of halogens is 3. The van der Waals surface area contributed by atoms with Gasteiger partial charge in [0.05, 0.1) is 0 Å². The van der Waals surface area contributed by atoms with Crippen LogP contribution in [0.25, 0.3) is 10.8 Å². The van der Waals surface area contributed by atoms with Crippen LogP contribution in [0, 0.1) is 3.57 Å². The number of ether oxygens (including phenoxy) is 1. The van der Waals surface area contributed by atoms with Gasteiger partial charge in [0.2, 0.25) is 5.88 Å². The van der Waals surface area contributed by atoms with Crippen LogP contribution in [0.15, 0.2) is 30.5 Å².